The monoisotopic (exact) mass is 436 g/mol. The maximum absolute atomic E-state index is 12.3. The smallest absolute Gasteiger partial charge is 0.227 e. The van der Waals surface area contributed by atoms with Gasteiger partial charge in [0.15, 0.2) is 0 Å². The van der Waals surface area contributed by atoms with Crippen LogP contribution in [0.5, 0.6) is 0 Å². The molecule has 0 radical (unpaired) electrons. The molecule has 0 saturated heterocycles. The van der Waals surface area contributed by atoms with Gasteiger partial charge in [0, 0.05) is 29.7 Å². The van der Waals surface area contributed by atoms with Crippen LogP contribution in [-0.2, 0) is 33.5 Å². The number of carbonyl (C=O) groups is 1. The number of hydrogen-bond acceptors (Lipinski definition) is 3. The number of hydrogen-bond donors (Lipinski definition) is 1. The van der Waals surface area contributed by atoms with Crippen LogP contribution < -0.4 is 9.62 Å². The fourth-order valence-electron chi connectivity index (χ4n) is 3.16. The molecule has 26 heavy (non-hydrogen) atoms. The van der Waals surface area contributed by atoms with Crippen molar-refractivity contribution in [2.24, 2.45) is 0 Å². The Morgan fingerprint density at radius 2 is 1.92 bits per heavy atom. The Hall–Kier alpha value is -1.70. The number of sulfonamides is 1. The number of amides is 1. The molecule has 5 nitrogen and oxygen atoms in total. The average Bonchev–Trinajstić information content (AvgIpc) is 2.59. The summed E-state index contributed by atoms with van der Waals surface area (Å²) in [6.07, 6.45) is 1.20. The molecule has 0 aromatic heterocycles. The number of benzene rings is 2. The van der Waals surface area contributed by atoms with Crippen molar-refractivity contribution < 1.29 is 13.2 Å². The second-order valence-electron chi connectivity index (χ2n) is 6.31. The molecule has 0 saturated carbocycles. The molecule has 0 atom stereocenters. The largest absolute Gasteiger partial charge is 0.312 e. The number of fused-ring (bicyclic) bond motifs is 1. The average molecular weight is 437 g/mol. The van der Waals surface area contributed by atoms with Crippen molar-refractivity contribution in [2.45, 2.75) is 32.1 Å². The number of aryl methyl sites for hydroxylation is 1. The van der Waals surface area contributed by atoms with Gasteiger partial charge in [0.2, 0.25) is 15.9 Å². The first-order valence-electron chi connectivity index (χ1n) is 8.52. The third-order valence-electron chi connectivity index (χ3n) is 4.40. The van der Waals surface area contributed by atoms with Crippen molar-refractivity contribution >= 4 is 37.5 Å². The quantitative estimate of drug-likeness (QED) is 0.754. The van der Waals surface area contributed by atoms with Crippen molar-refractivity contribution in [1.82, 2.24) is 4.72 Å². The summed E-state index contributed by atoms with van der Waals surface area (Å²) in [6.45, 7) is 2.84. The molecule has 7 heteroatoms. The maximum Gasteiger partial charge on any atom is 0.227 e. The van der Waals surface area contributed by atoms with E-state index in [0.29, 0.717) is 19.4 Å². The first-order chi connectivity index (χ1) is 12.4. The summed E-state index contributed by atoms with van der Waals surface area (Å²) >= 11 is 3.35. The minimum Gasteiger partial charge on any atom is -0.312 e. The first kappa shape index (κ1) is 19.1. The number of anilines is 1. The zero-order valence-electron chi connectivity index (χ0n) is 14.5. The minimum atomic E-state index is -3.43. The zero-order chi connectivity index (χ0) is 18.7. The second kappa shape index (κ2) is 7.90. The molecule has 0 unspecified atom stereocenters. The van der Waals surface area contributed by atoms with Crippen LogP contribution in [0.4, 0.5) is 5.69 Å². The van der Waals surface area contributed by atoms with Crippen LogP contribution in [0.1, 0.15) is 30.0 Å². The van der Waals surface area contributed by atoms with Gasteiger partial charge in [-0.3, -0.25) is 4.79 Å². The second-order valence-corrected chi connectivity index (χ2v) is 9.03. The fraction of sp³-hybridized carbons (Fsp3) is 0.316. The highest BCUT2D eigenvalue weighted by Crippen LogP contribution is 2.28. The van der Waals surface area contributed by atoms with Crippen LogP contribution in [0.25, 0.3) is 0 Å². The van der Waals surface area contributed by atoms with Gasteiger partial charge in [-0.25, -0.2) is 13.1 Å². The molecule has 0 bridgehead atoms. The lowest BCUT2D eigenvalue weighted by Gasteiger charge is -2.28. The predicted octanol–water partition coefficient (Wildman–Crippen LogP) is 3.37. The zero-order valence-corrected chi connectivity index (χ0v) is 16.9. The minimum absolute atomic E-state index is 0.0600. The highest BCUT2D eigenvalue weighted by atomic mass is 79.9. The van der Waals surface area contributed by atoms with E-state index in [1.54, 1.807) is 17.0 Å². The van der Waals surface area contributed by atoms with E-state index in [-0.39, 0.29) is 18.2 Å². The summed E-state index contributed by atoms with van der Waals surface area (Å²) in [6, 6.07) is 13.1. The van der Waals surface area contributed by atoms with Crippen LogP contribution in [0, 0.1) is 0 Å². The molecule has 138 valence electrons. The van der Waals surface area contributed by atoms with Gasteiger partial charge in [0.25, 0.3) is 0 Å². The van der Waals surface area contributed by atoms with Crippen molar-refractivity contribution in [3.63, 3.8) is 0 Å². The number of halogens is 1. The maximum atomic E-state index is 12.3. The predicted molar refractivity (Wildman–Crippen MR) is 106 cm³/mol. The third-order valence-corrected chi connectivity index (χ3v) is 6.19. The molecule has 3 rings (SSSR count). The van der Waals surface area contributed by atoms with E-state index >= 15 is 0 Å². The van der Waals surface area contributed by atoms with Crippen LogP contribution in [0.15, 0.2) is 46.9 Å². The number of nitrogens with zero attached hydrogens (tertiary/aromatic N) is 1. The molecule has 1 amide bonds. The van der Waals surface area contributed by atoms with Crippen molar-refractivity contribution in [2.75, 3.05) is 11.4 Å². The SMILES string of the molecule is CCN1C(=O)CCc2cc(CNS(=O)(=O)Cc3cccc(Br)c3)ccc21. The topological polar surface area (TPSA) is 66.5 Å². The summed E-state index contributed by atoms with van der Waals surface area (Å²) in [5.74, 6) is 0.0812. The number of rotatable bonds is 6. The van der Waals surface area contributed by atoms with Gasteiger partial charge >= 0.3 is 0 Å². The van der Waals surface area contributed by atoms with Crippen molar-refractivity contribution in [3.8, 4) is 0 Å². The Bertz CT molecular complexity index is 928. The molecule has 2 aromatic rings. The van der Waals surface area contributed by atoms with Gasteiger partial charge in [-0.1, -0.05) is 40.2 Å². The molecule has 0 aliphatic carbocycles. The Morgan fingerprint density at radius 3 is 2.65 bits per heavy atom. The highest BCUT2D eigenvalue weighted by molar-refractivity contribution is 9.10. The Morgan fingerprint density at radius 1 is 1.12 bits per heavy atom. The highest BCUT2D eigenvalue weighted by Gasteiger charge is 2.23. The third kappa shape index (κ3) is 4.52. The van der Waals surface area contributed by atoms with E-state index in [9.17, 15) is 13.2 Å². The van der Waals surface area contributed by atoms with Gasteiger partial charge in [-0.15, -0.1) is 0 Å². The number of nitrogens with one attached hydrogen (secondary N) is 1. The van der Waals surface area contributed by atoms with Gasteiger partial charge in [-0.2, -0.15) is 0 Å². The molecule has 2 aromatic carbocycles. The van der Waals surface area contributed by atoms with Crippen molar-refractivity contribution in [3.05, 3.63) is 63.6 Å². The van der Waals surface area contributed by atoms with E-state index in [2.05, 4.69) is 20.7 Å². The Balaban J connectivity index is 1.69. The van der Waals surface area contributed by atoms with E-state index in [1.165, 1.54) is 0 Å². The van der Waals surface area contributed by atoms with Gasteiger partial charge in [0.1, 0.15) is 0 Å². The lowest BCUT2D eigenvalue weighted by molar-refractivity contribution is -0.118. The summed E-state index contributed by atoms with van der Waals surface area (Å²) in [5, 5.41) is 0. The Labute approximate surface area is 162 Å². The van der Waals surface area contributed by atoms with Crippen LogP contribution >= 0.6 is 15.9 Å². The van der Waals surface area contributed by atoms with E-state index in [4.69, 9.17) is 0 Å². The van der Waals surface area contributed by atoms with E-state index in [1.807, 2.05) is 37.3 Å². The molecule has 0 fully saturated rings. The van der Waals surface area contributed by atoms with Gasteiger partial charge in [-0.05, 0) is 48.2 Å². The Kier molecular flexibility index (Phi) is 5.79. The van der Waals surface area contributed by atoms with Gasteiger partial charge < -0.3 is 4.90 Å². The number of carbonyl (C=O) groups excluding carboxylic acids is 1. The molecule has 0 spiro atoms. The summed E-state index contributed by atoms with van der Waals surface area (Å²) in [4.78, 5) is 13.7. The van der Waals surface area contributed by atoms with Crippen molar-refractivity contribution in [1.29, 1.82) is 0 Å². The summed E-state index contributed by atoms with van der Waals surface area (Å²) in [7, 11) is -3.43. The molecule has 1 heterocycles. The lowest BCUT2D eigenvalue weighted by atomic mass is 9.99. The molecule has 1 aliphatic rings. The lowest BCUT2D eigenvalue weighted by Crippen LogP contribution is -2.34. The van der Waals surface area contributed by atoms with Gasteiger partial charge in [0.05, 0.1) is 5.75 Å². The summed E-state index contributed by atoms with van der Waals surface area (Å²) < 4.78 is 28.2. The summed E-state index contributed by atoms with van der Waals surface area (Å²) in [5.41, 5.74) is 3.65. The molecule has 1 N–H and O–H groups in total. The normalized spacial score (nSPS) is 14.4. The van der Waals surface area contributed by atoms with E-state index < -0.39 is 10.0 Å². The molecular weight excluding hydrogens is 416 g/mol. The molecule has 1 aliphatic heterocycles. The molecular formula is C19H21BrN2O3S. The van der Waals surface area contributed by atoms with Crippen LogP contribution in [0.2, 0.25) is 0 Å². The van der Waals surface area contributed by atoms with Crippen LogP contribution in [0.3, 0.4) is 0 Å². The standard InChI is InChI=1S/C19H21BrN2O3S/c1-2-22-18-8-6-14(10-16(18)7-9-19(22)23)12-21-26(24,25)13-15-4-3-5-17(20)11-15/h3-6,8,10-11,21H,2,7,9,12-13H2,1H3. The first-order valence-corrected chi connectivity index (χ1v) is 11.0. The van der Waals surface area contributed by atoms with Crippen LogP contribution in [-0.4, -0.2) is 20.9 Å². The fourth-order valence-corrected chi connectivity index (χ4v) is 4.71. The van der Waals surface area contributed by atoms with E-state index in [0.717, 1.165) is 26.9 Å².